The summed E-state index contributed by atoms with van der Waals surface area (Å²) in [6, 6.07) is 0. The van der Waals surface area contributed by atoms with Crippen molar-refractivity contribution in [3.63, 3.8) is 0 Å². The largest absolute Gasteiger partial charge is 0.414 e. The smallest absolute Gasteiger partial charge is 0.367 e. The molecule has 1 spiro atoms. The van der Waals surface area contributed by atoms with E-state index >= 15 is 0 Å². The second-order valence-corrected chi connectivity index (χ2v) is 7.23. The number of carbonyl (C=O) groups excluding carboxylic acids is 1. The van der Waals surface area contributed by atoms with Gasteiger partial charge in [-0.3, -0.25) is 14.2 Å². The summed E-state index contributed by atoms with van der Waals surface area (Å²) in [7, 11) is -4.64. The highest BCUT2D eigenvalue weighted by atomic mass is 32.3. The molecule has 3 N–H and O–H groups in total. The zero-order valence-corrected chi connectivity index (χ0v) is 12.7. The molecule has 22 heavy (non-hydrogen) atoms. The second kappa shape index (κ2) is 4.38. The molecule has 0 aliphatic carbocycles. The lowest BCUT2D eigenvalue weighted by atomic mass is 9.90. The van der Waals surface area contributed by atoms with Crippen molar-refractivity contribution in [3.05, 3.63) is 0 Å². The number of piperidine rings is 1. The Morgan fingerprint density at radius 3 is 2.59 bits per heavy atom. The van der Waals surface area contributed by atoms with E-state index in [0.29, 0.717) is 19.4 Å². The van der Waals surface area contributed by atoms with Crippen LogP contribution in [-0.2, 0) is 24.2 Å². The van der Waals surface area contributed by atoms with E-state index in [9.17, 15) is 13.2 Å². The van der Waals surface area contributed by atoms with Crippen LogP contribution in [0.2, 0.25) is 0 Å². The molecule has 11 heteroatoms. The highest BCUT2D eigenvalue weighted by molar-refractivity contribution is 7.80. The average Bonchev–Trinajstić information content (AvgIpc) is 3.09. The van der Waals surface area contributed by atoms with Crippen LogP contribution < -0.4 is 5.73 Å². The van der Waals surface area contributed by atoms with Crippen LogP contribution in [0, 0.1) is 0 Å². The topological polar surface area (TPSA) is 126 Å². The van der Waals surface area contributed by atoms with E-state index in [2.05, 4.69) is 4.28 Å². The Morgan fingerprint density at radius 2 is 2.00 bits per heavy atom. The Balaban J connectivity index is 1.68. The zero-order chi connectivity index (χ0) is 15.8. The number of carbonyl (C=O) groups is 1. The van der Waals surface area contributed by atoms with Gasteiger partial charge in [-0.1, -0.05) is 5.06 Å². The van der Waals surface area contributed by atoms with Crippen molar-refractivity contribution in [2.24, 2.45) is 5.73 Å². The van der Waals surface area contributed by atoms with E-state index in [1.807, 2.05) is 4.90 Å². The lowest BCUT2D eigenvalue weighted by molar-refractivity contribution is -0.416. The maximum absolute atomic E-state index is 12.3. The zero-order valence-electron chi connectivity index (χ0n) is 11.8. The normalized spacial score (nSPS) is 45.0. The van der Waals surface area contributed by atoms with E-state index in [0.717, 1.165) is 31.0 Å². The van der Waals surface area contributed by atoms with Crippen molar-refractivity contribution in [2.45, 2.75) is 43.4 Å². The molecule has 5 aliphatic heterocycles. The quantitative estimate of drug-likeness (QED) is 0.586. The third-order valence-electron chi connectivity index (χ3n) is 5.15. The van der Waals surface area contributed by atoms with Crippen molar-refractivity contribution in [1.82, 2.24) is 14.9 Å². The summed E-state index contributed by atoms with van der Waals surface area (Å²) in [5.74, 6) is -0.466. The van der Waals surface area contributed by atoms with Gasteiger partial charge in [-0.05, 0) is 25.7 Å². The van der Waals surface area contributed by atoms with Crippen molar-refractivity contribution in [3.8, 4) is 0 Å². The van der Waals surface area contributed by atoms with Crippen LogP contribution in [0.1, 0.15) is 25.7 Å². The highest BCUT2D eigenvalue weighted by Gasteiger charge is 2.75. The highest BCUT2D eigenvalue weighted by Crippen LogP contribution is 2.56. The molecule has 0 aromatic heterocycles. The number of hydrogen-bond donors (Lipinski definition) is 2. The Kier molecular flexibility index (Phi) is 2.94. The molecule has 0 aromatic carbocycles. The Morgan fingerprint density at radius 1 is 1.32 bits per heavy atom. The van der Waals surface area contributed by atoms with Crippen LogP contribution in [0.3, 0.4) is 0 Å². The molecule has 10 nitrogen and oxygen atoms in total. The Bertz CT molecular complexity index is 622. The van der Waals surface area contributed by atoms with Crippen molar-refractivity contribution in [1.29, 1.82) is 0 Å². The number of rotatable bonds is 4. The lowest BCUT2D eigenvalue weighted by Crippen LogP contribution is -2.68. The number of ether oxygens (including phenoxy) is 1. The van der Waals surface area contributed by atoms with Crippen LogP contribution in [0.15, 0.2) is 0 Å². The minimum Gasteiger partial charge on any atom is -0.367 e. The first-order valence-electron chi connectivity index (χ1n) is 7.24. The SMILES string of the molecule is NC(=O)[C@]1(N2CCCC2)CCC23CN1C(O2)N3OS(=O)(=O)O. The molecule has 0 aromatic rings. The average molecular weight is 334 g/mol. The summed E-state index contributed by atoms with van der Waals surface area (Å²) in [6.07, 6.45) is 1.98. The molecule has 4 atom stereocenters. The van der Waals surface area contributed by atoms with E-state index in [-0.39, 0.29) is 0 Å². The summed E-state index contributed by atoms with van der Waals surface area (Å²) >= 11 is 0. The maximum Gasteiger partial charge on any atom is 0.414 e. The van der Waals surface area contributed by atoms with Crippen molar-refractivity contribution < 1.29 is 26.8 Å². The molecule has 5 saturated heterocycles. The van der Waals surface area contributed by atoms with Gasteiger partial charge >= 0.3 is 10.4 Å². The molecular formula is C11H18N4O6S. The van der Waals surface area contributed by atoms with Gasteiger partial charge in [0.25, 0.3) is 5.91 Å². The van der Waals surface area contributed by atoms with Crippen LogP contribution in [-0.4, -0.2) is 71.1 Å². The number of primary amides is 1. The molecular weight excluding hydrogens is 316 g/mol. The van der Waals surface area contributed by atoms with Crippen molar-refractivity contribution >= 4 is 16.3 Å². The number of hydrogen-bond acceptors (Lipinski definition) is 8. The van der Waals surface area contributed by atoms with Crippen LogP contribution >= 0.6 is 0 Å². The fourth-order valence-electron chi connectivity index (χ4n) is 4.22. The van der Waals surface area contributed by atoms with Gasteiger partial charge in [0.05, 0.1) is 0 Å². The Labute approximate surface area is 127 Å². The molecule has 3 unspecified atom stereocenters. The number of likely N-dealkylation sites (tertiary alicyclic amines) is 1. The van der Waals surface area contributed by atoms with E-state index in [1.165, 1.54) is 0 Å². The van der Waals surface area contributed by atoms with Gasteiger partial charge in [0, 0.05) is 19.6 Å². The first kappa shape index (κ1) is 14.8. The summed E-state index contributed by atoms with van der Waals surface area (Å²) in [5, 5.41) is 1.11. The third kappa shape index (κ3) is 1.75. The summed E-state index contributed by atoms with van der Waals surface area (Å²) in [4.78, 5) is 16.0. The molecule has 5 heterocycles. The first-order chi connectivity index (χ1) is 10.3. The summed E-state index contributed by atoms with van der Waals surface area (Å²) in [6.45, 7) is 1.84. The third-order valence-corrected chi connectivity index (χ3v) is 5.50. The number of nitrogens with zero attached hydrogens (tertiary/aromatic N) is 3. The van der Waals surface area contributed by atoms with Crippen LogP contribution in [0.25, 0.3) is 0 Å². The fraction of sp³-hybridized carbons (Fsp3) is 0.909. The van der Waals surface area contributed by atoms with Crippen LogP contribution in [0.5, 0.6) is 0 Å². The van der Waals surface area contributed by atoms with Gasteiger partial charge in [0.2, 0.25) is 0 Å². The molecule has 0 radical (unpaired) electrons. The van der Waals surface area contributed by atoms with Crippen molar-refractivity contribution in [2.75, 3.05) is 19.6 Å². The fourth-order valence-corrected chi connectivity index (χ4v) is 4.63. The Hall–Kier alpha value is -0.820. The van der Waals surface area contributed by atoms with Gasteiger partial charge in [-0.25, -0.2) is 4.90 Å². The lowest BCUT2D eigenvalue weighted by Gasteiger charge is -2.46. The number of hydroxylamine groups is 2. The second-order valence-electron chi connectivity index (χ2n) is 6.22. The van der Waals surface area contributed by atoms with E-state index in [1.54, 1.807) is 4.90 Å². The molecule has 3 bridgehead atoms. The van der Waals surface area contributed by atoms with Gasteiger partial charge in [0.15, 0.2) is 17.7 Å². The molecule has 5 aliphatic rings. The monoisotopic (exact) mass is 334 g/mol. The predicted octanol–water partition coefficient (Wildman–Crippen LogP) is -1.58. The number of nitrogens with two attached hydrogens (primary N) is 1. The predicted molar refractivity (Wildman–Crippen MR) is 70.7 cm³/mol. The van der Waals surface area contributed by atoms with E-state index < -0.39 is 34.0 Å². The maximum atomic E-state index is 12.3. The van der Waals surface area contributed by atoms with Gasteiger partial charge in [-0.2, -0.15) is 8.42 Å². The minimum atomic E-state index is -4.64. The molecule has 5 rings (SSSR count). The number of amides is 1. The molecule has 5 fully saturated rings. The molecule has 1 amide bonds. The van der Waals surface area contributed by atoms with E-state index in [4.69, 9.17) is 15.0 Å². The minimum absolute atomic E-state index is 0.312. The van der Waals surface area contributed by atoms with Gasteiger partial charge < -0.3 is 10.5 Å². The molecule has 0 saturated carbocycles. The first-order valence-corrected chi connectivity index (χ1v) is 8.61. The standard InChI is InChI=1S/C11H18N4O6S/c12-8(16)11(13-5-1-2-6-13)4-3-10-7-14(11)9(20-10)15(10)21-22(17,18)19/h9H,1-7H2,(H2,12,16)(H,17,18,19)/t9?,10?,11-/m0/s1. The van der Waals surface area contributed by atoms with Crippen LogP contribution in [0.4, 0.5) is 0 Å². The van der Waals surface area contributed by atoms with Gasteiger partial charge in [0.1, 0.15) is 0 Å². The summed E-state index contributed by atoms with van der Waals surface area (Å²) in [5.41, 5.74) is 3.79. The summed E-state index contributed by atoms with van der Waals surface area (Å²) < 4.78 is 41.3. The molecule has 124 valence electrons. The van der Waals surface area contributed by atoms with Gasteiger partial charge in [-0.15, -0.1) is 4.28 Å².